The molecule has 0 saturated carbocycles. The Balaban J connectivity index is 1.95. The van der Waals surface area contributed by atoms with Gasteiger partial charge >= 0.3 is 5.97 Å². The molecular weight excluding hydrogens is 497 g/mol. The second-order valence-electron chi connectivity index (χ2n) is 6.29. The van der Waals surface area contributed by atoms with Gasteiger partial charge in [0.25, 0.3) is 0 Å². The summed E-state index contributed by atoms with van der Waals surface area (Å²) in [7, 11) is 2.57. The van der Waals surface area contributed by atoms with Gasteiger partial charge in [-0.25, -0.2) is 22.9 Å². The number of carbonyl (C=O) groups is 1. The number of ether oxygens (including phenoxy) is 3. The SMILES string of the molecule is COc1cc(F)c(Nc2ncc(Br)cc2C(=O)O)cc1OCc1c(OC)ccc(F)c1F. The molecule has 0 aliphatic heterocycles. The van der Waals surface area contributed by atoms with Crippen LogP contribution in [0.2, 0.25) is 0 Å². The second-order valence-corrected chi connectivity index (χ2v) is 7.21. The summed E-state index contributed by atoms with van der Waals surface area (Å²) in [6.07, 6.45) is 1.34. The first-order valence-corrected chi connectivity index (χ1v) is 9.71. The number of nitrogens with zero attached hydrogens (tertiary/aromatic N) is 1. The van der Waals surface area contributed by atoms with Crippen molar-refractivity contribution in [3.63, 3.8) is 0 Å². The highest BCUT2D eigenvalue weighted by Crippen LogP contribution is 2.36. The van der Waals surface area contributed by atoms with Crippen molar-refractivity contribution >= 4 is 33.4 Å². The summed E-state index contributed by atoms with van der Waals surface area (Å²) >= 11 is 3.13. The number of nitrogens with one attached hydrogen (secondary N) is 1. The molecule has 0 saturated heterocycles. The van der Waals surface area contributed by atoms with Crippen molar-refractivity contribution in [1.82, 2.24) is 4.98 Å². The Morgan fingerprint density at radius 2 is 1.78 bits per heavy atom. The molecule has 0 radical (unpaired) electrons. The third-order valence-electron chi connectivity index (χ3n) is 4.34. The molecule has 0 aliphatic carbocycles. The predicted octanol–water partition coefficient (Wildman–Crippen LogP) is 5.30. The van der Waals surface area contributed by atoms with Crippen LogP contribution >= 0.6 is 15.9 Å². The average molecular weight is 513 g/mol. The van der Waals surface area contributed by atoms with E-state index in [0.29, 0.717) is 4.47 Å². The van der Waals surface area contributed by atoms with Gasteiger partial charge in [-0.2, -0.15) is 0 Å². The molecule has 7 nitrogen and oxygen atoms in total. The van der Waals surface area contributed by atoms with E-state index in [2.05, 4.69) is 26.2 Å². The molecule has 0 amide bonds. The van der Waals surface area contributed by atoms with Crippen molar-refractivity contribution in [1.29, 1.82) is 0 Å². The van der Waals surface area contributed by atoms with Crippen molar-refractivity contribution in [2.24, 2.45) is 0 Å². The molecule has 1 heterocycles. The smallest absolute Gasteiger partial charge is 0.339 e. The van der Waals surface area contributed by atoms with E-state index >= 15 is 0 Å². The largest absolute Gasteiger partial charge is 0.496 e. The van der Waals surface area contributed by atoms with Gasteiger partial charge in [0.1, 0.15) is 23.7 Å². The number of methoxy groups -OCH3 is 2. The van der Waals surface area contributed by atoms with Crippen LogP contribution in [0.5, 0.6) is 17.2 Å². The third kappa shape index (κ3) is 4.88. The number of aromatic nitrogens is 1. The molecule has 0 unspecified atom stereocenters. The fourth-order valence-electron chi connectivity index (χ4n) is 2.78. The summed E-state index contributed by atoms with van der Waals surface area (Å²) in [4.78, 5) is 15.4. The lowest BCUT2D eigenvalue weighted by atomic mass is 10.2. The van der Waals surface area contributed by atoms with Gasteiger partial charge in [0.2, 0.25) is 0 Å². The van der Waals surface area contributed by atoms with Gasteiger partial charge in [-0.05, 0) is 34.1 Å². The topological polar surface area (TPSA) is 89.9 Å². The number of halogens is 4. The molecule has 32 heavy (non-hydrogen) atoms. The molecule has 1 aromatic heterocycles. The zero-order valence-corrected chi connectivity index (χ0v) is 18.3. The standard InChI is InChI=1S/C21H16BrF3N2O5/c1-30-16-4-3-13(23)19(25)12(16)9-32-18-7-15(14(24)6-17(18)31-2)27-20-11(21(28)29)5-10(22)8-26-20/h3-8H,9H2,1-2H3,(H,26,27)(H,28,29). The second kappa shape index (κ2) is 9.77. The van der Waals surface area contributed by atoms with Crippen LogP contribution in [0.1, 0.15) is 15.9 Å². The molecule has 168 valence electrons. The van der Waals surface area contributed by atoms with Gasteiger partial charge in [0.15, 0.2) is 29.0 Å². The summed E-state index contributed by atoms with van der Waals surface area (Å²) in [5.74, 6) is -4.39. The molecule has 3 aromatic rings. The van der Waals surface area contributed by atoms with Crippen molar-refractivity contribution in [2.45, 2.75) is 6.61 Å². The quantitative estimate of drug-likeness (QED) is 0.423. The summed E-state index contributed by atoms with van der Waals surface area (Å²) in [6.45, 7) is -0.453. The minimum absolute atomic E-state index is 0.0175. The zero-order valence-electron chi connectivity index (χ0n) is 16.7. The van der Waals surface area contributed by atoms with E-state index < -0.39 is 30.0 Å². The summed E-state index contributed by atoms with van der Waals surface area (Å²) in [5.41, 5.74) is -0.565. The molecule has 0 bridgehead atoms. The number of rotatable bonds is 8. The fraction of sp³-hybridized carbons (Fsp3) is 0.143. The first kappa shape index (κ1) is 23.2. The monoisotopic (exact) mass is 512 g/mol. The van der Waals surface area contributed by atoms with E-state index in [0.717, 1.165) is 12.1 Å². The van der Waals surface area contributed by atoms with Crippen LogP contribution in [0.3, 0.4) is 0 Å². The van der Waals surface area contributed by atoms with Crippen LogP contribution < -0.4 is 19.5 Å². The first-order chi connectivity index (χ1) is 15.2. The molecule has 11 heteroatoms. The van der Waals surface area contributed by atoms with E-state index in [4.69, 9.17) is 14.2 Å². The number of hydrogen-bond donors (Lipinski definition) is 2. The maximum absolute atomic E-state index is 14.6. The van der Waals surface area contributed by atoms with Crippen molar-refractivity contribution < 1.29 is 37.3 Å². The Labute approximate surface area is 188 Å². The molecule has 0 aliphatic rings. The molecular formula is C21H16BrF3N2O5. The molecule has 2 N–H and O–H groups in total. The van der Waals surface area contributed by atoms with E-state index in [-0.39, 0.29) is 39.9 Å². The Kier molecular flexibility index (Phi) is 7.08. The number of benzene rings is 2. The number of hydrogen-bond acceptors (Lipinski definition) is 6. The van der Waals surface area contributed by atoms with E-state index in [1.54, 1.807) is 0 Å². The van der Waals surface area contributed by atoms with Gasteiger partial charge in [-0.15, -0.1) is 0 Å². The van der Waals surface area contributed by atoms with Crippen LogP contribution in [0.25, 0.3) is 0 Å². The number of carboxylic acid groups (broad SMARTS) is 1. The highest BCUT2D eigenvalue weighted by atomic mass is 79.9. The summed E-state index contributed by atoms with van der Waals surface area (Å²) in [5, 5.41) is 12.0. The van der Waals surface area contributed by atoms with Crippen molar-refractivity contribution in [2.75, 3.05) is 19.5 Å². The Bertz CT molecular complexity index is 1180. The predicted molar refractivity (Wildman–Crippen MR) is 112 cm³/mol. The minimum Gasteiger partial charge on any atom is -0.496 e. The maximum Gasteiger partial charge on any atom is 0.339 e. The van der Waals surface area contributed by atoms with E-state index in [9.17, 15) is 23.1 Å². The van der Waals surface area contributed by atoms with Crippen molar-refractivity contribution in [3.05, 3.63) is 69.6 Å². The zero-order chi connectivity index (χ0) is 23.4. The van der Waals surface area contributed by atoms with Crippen LogP contribution in [0.4, 0.5) is 24.7 Å². The lowest BCUT2D eigenvalue weighted by Gasteiger charge is -2.16. The molecule has 3 rings (SSSR count). The maximum atomic E-state index is 14.6. The average Bonchev–Trinajstić information content (AvgIpc) is 2.77. The lowest BCUT2D eigenvalue weighted by molar-refractivity contribution is 0.0697. The fourth-order valence-corrected chi connectivity index (χ4v) is 3.11. The highest BCUT2D eigenvalue weighted by Gasteiger charge is 2.19. The van der Waals surface area contributed by atoms with E-state index in [1.165, 1.54) is 38.6 Å². The molecule has 0 spiro atoms. The highest BCUT2D eigenvalue weighted by molar-refractivity contribution is 9.10. The van der Waals surface area contributed by atoms with Crippen molar-refractivity contribution in [3.8, 4) is 17.2 Å². The molecule has 2 aromatic carbocycles. The first-order valence-electron chi connectivity index (χ1n) is 8.92. The number of aromatic carboxylic acids is 1. The van der Waals surface area contributed by atoms with Crippen LogP contribution in [0.15, 0.2) is 41.0 Å². The lowest BCUT2D eigenvalue weighted by Crippen LogP contribution is -2.07. The number of anilines is 2. The van der Waals surface area contributed by atoms with Crippen LogP contribution in [-0.2, 0) is 6.61 Å². The summed E-state index contributed by atoms with van der Waals surface area (Å²) < 4.78 is 58.6. The normalized spacial score (nSPS) is 10.6. The Hall–Kier alpha value is -3.47. The number of carboxylic acids is 1. The van der Waals surface area contributed by atoms with Gasteiger partial charge in [0.05, 0.1) is 25.5 Å². The van der Waals surface area contributed by atoms with Crippen LogP contribution in [0, 0.1) is 17.5 Å². The van der Waals surface area contributed by atoms with Gasteiger partial charge in [-0.3, -0.25) is 0 Å². The van der Waals surface area contributed by atoms with Gasteiger partial charge in [0, 0.05) is 22.8 Å². The Morgan fingerprint density at radius 1 is 1.06 bits per heavy atom. The van der Waals surface area contributed by atoms with Crippen LogP contribution in [-0.4, -0.2) is 30.3 Å². The van der Waals surface area contributed by atoms with E-state index in [1.807, 2.05) is 0 Å². The molecule has 0 fully saturated rings. The number of pyridine rings is 1. The molecule has 0 atom stereocenters. The third-order valence-corrected chi connectivity index (χ3v) is 4.77. The summed E-state index contributed by atoms with van der Waals surface area (Å²) in [6, 6.07) is 5.65. The van der Waals surface area contributed by atoms with Gasteiger partial charge in [-0.1, -0.05) is 0 Å². The van der Waals surface area contributed by atoms with Gasteiger partial charge < -0.3 is 24.6 Å². The Morgan fingerprint density at radius 3 is 2.44 bits per heavy atom. The minimum atomic E-state index is -1.28.